The summed E-state index contributed by atoms with van der Waals surface area (Å²) >= 11 is 0. The molecule has 0 aliphatic carbocycles. The van der Waals surface area contributed by atoms with Crippen molar-refractivity contribution >= 4 is 26.9 Å². The van der Waals surface area contributed by atoms with Gasteiger partial charge < -0.3 is 0 Å². The molecule has 0 heterocycles. The van der Waals surface area contributed by atoms with Crippen LogP contribution in [0, 0.1) is 0 Å². The maximum atomic E-state index is 12.9. The summed E-state index contributed by atoms with van der Waals surface area (Å²) in [7, 11) is -0.976. The van der Waals surface area contributed by atoms with E-state index in [0.29, 0.717) is 5.30 Å². The van der Waals surface area contributed by atoms with Crippen molar-refractivity contribution in [2.75, 3.05) is 6.66 Å². The van der Waals surface area contributed by atoms with Crippen LogP contribution in [0.15, 0.2) is 54.6 Å². The van der Waals surface area contributed by atoms with Crippen molar-refractivity contribution in [3.05, 3.63) is 60.2 Å². The Bertz CT molecular complexity index is 526. The summed E-state index contributed by atoms with van der Waals surface area (Å²) in [6.07, 6.45) is -4.29. The highest BCUT2D eigenvalue weighted by molar-refractivity contribution is 7.72. The Morgan fingerprint density at radius 1 is 0.842 bits per heavy atom. The topological polar surface area (TPSA) is 0 Å². The van der Waals surface area contributed by atoms with E-state index < -0.39 is 19.7 Å². The van der Waals surface area contributed by atoms with Crippen molar-refractivity contribution in [3.8, 4) is 0 Å². The van der Waals surface area contributed by atoms with Gasteiger partial charge >= 0.3 is 6.18 Å². The molecular formula is C14H12BF3P. The van der Waals surface area contributed by atoms with E-state index in [2.05, 4.69) is 0 Å². The number of hydrogen-bond acceptors (Lipinski definition) is 0. The fourth-order valence-electron chi connectivity index (χ4n) is 1.80. The lowest BCUT2D eigenvalue weighted by atomic mass is 10.2. The van der Waals surface area contributed by atoms with Crippen LogP contribution in [0.5, 0.6) is 0 Å². The van der Waals surface area contributed by atoms with Gasteiger partial charge in [-0.3, -0.25) is 0 Å². The second-order valence-corrected chi connectivity index (χ2v) is 6.03. The van der Waals surface area contributed by atoms with Gasteiger partial charge in [-0.05, 0) is 31.3 Å². The van der Waals surface area contributed by atoms with Crippen molar-refractivity contribution in [1.82, 2.24) is 0 Å². The average molecular weight is 279 g/mol. The molecule has 0 amide bonds. The summed E-state index contributed by atoms with van der Waals surface area (Å²) < 4.78 is 38.8. The first-order valence-corrected chi connectivity index (χ1v) is 7.24. The van der Waals surface area contributed by atoms with Crippen molar-refractivity contribution in [2.24, 2.45) is 0 Å². The molecule has 0 fully saturated rings. The molecule has 2 aromatic carbocycles. The summed E-state index contributed by atoms with van der Waals surface area (Å²) in [5, 5.41) is 1.33. The first-order valence-electron chi connectivity index (χ1n) is 5.45. The number of halogens is 3. The van der Waals surface area contributed by atoms with E-state index in [-0.39, 0.29) is 8.41 Å². The predicted molar refractivity (Wildman–Crippen MR) is 75.8 cm³/mol. The molecule has 0 aliphatic heterocycles. The Hall–Kier alpha value is -1.28. The van der Waals surface area contributed by atoms with E-state index in [0.717, 1.165) is 11.4 Å². The fourth-order valence-corrected chi connectivity index (χ4v) is 3.57. The fraction of sp³-hybridized carbons (Fsp3) is 0.143. The van der Waals surface area contributed by atoms with Gasteiger partial charge in [0.1, 0.15) is 0 Å². The number of alkyl halides is 3. The van der Waals surface area contributed by atoms with Crippen LogP contribution in [0.25, 0.3) is 0 Å². The van der Waals surface area contributed by atoms with Crippen LogP contribution in [0.1, 0.15) is 5.56 Å². The smallest absolute Gasteiger partial charge is 0.166 e. The summed E-state index contributed by atoms with van der Waals surface area (Å²) in [4.78, 5) is 0. The van der Waals surface area contributed by atoms with Crippen molar-refractivity contribution < 1.29 is 13.2 Å². The Labute approximate surface area is 114 Å². The molecule has 3 radical (unpaired) electrons. The normalized spacial score (nSPS) is 12.6. The molecule has 0 aliphatic rings. The van der Waals surface area contributed by atoms with Gasteiger partial charge in [-0.25, -0.2) is 0 Å². The van der Waals surface area contributed by atoms with Gasteiger partial charge in [-0.1, -0.05) is 48.5 Å². The molecule has 19 heavy (non-hydrogen) atoms. The van der Waals surface area contributed by atoms with Crippen LogP contribution in [0.3, 0.4) is 0 Å². The van der Waals surface area contributed by atoms with Gasteiger partial charge in [0, 0.05) is 8.41 Å². The Morgan fingerprint density at radius 2 is 1.37 bits per heavy atom. The molecule has 0 saturated heterocycles. The molecule has 1 atom stereocenters. The van der Waals surface area contributed by atoms with Gasteiger partial charge in [0.15, 0.2) is 0 Å². The van der Waals surface area contributed by atoms with E-state index in [4.69, 9.17) is 0 Å². The quantitative estimate of drug-likeness (QED) is 0.584. The van der Waals surface area contributed by atoms with Crippen molar-refractivity contribution in [2.45, 2.75) is 6.18 Å². The predicted octanol–water partition coefficient (Wildman–Crippen LogP) is 3.39. The lowest BCUT2D eigenvalue weighted by Crippen LogP contribution is -2.21. The molecule has 0 bridgehead atoms. The highest BCUT2D eigenvalue weighted by atomic mass is 31.1. The molecular weight excluding hydrogens is 267 g/mol. The minimum atomic E-state index is -4.29. The van der Waals surface area contributed by atoms with Crippen LogP contribution >= 0.6 is 7.92 Å². The van der Waals surface area contributed by atoms with Gasteiger partial charge in [0.25, 0.3) is 0 Å². The highest BCUT2D eigenvalue weighted by Crippen LogP contribution is 2.36. The van der Waals surface area contributed by atoms with E-state index in [9.17, 15) is 13.2 Å². The number of benzene rings is 2. The zero-order chi connectivity index (χ0) is 13.2. The third-order valence-electron chi connectivity index (χ3n) is 2.71. The molecule has 97 valence electrons. The Kier molecular flexibility index (Phi) is 5.19. The summed E-state index contributed by atoms with van der Waals surface area (Å²) in [5.74, 6) is 0. The lowest BCUT2D eigenvalue weighted by molar-refractivity contribution is -0.136. The number of rotatable bonds is 2. The maximum Gasteiger partial charge on any atom is 0.417 e. The van der Waals surface area contributed by atoms with Crippen LogP contribution in [0.4, 0.5) is 13.2 Å². The summed E-state index contributed by atoms with van der Waals surface area (Å²) in [6, 6.07) is 15.1. The zero-order valence-electron chi connectivity index (χ0n) is 10.4. The van der Waals surface area contributed by atoms with Crippen molar-refractivity contribution in [3.63, 3.8) is 0 Å². The molecule has 0 saturated carbocycles. The molecule has 0 nitrogen and oxygen atoms in total. The molecule has 0 spiro atoms. The SMILES string of the molecule is CP(c1ccccc1)c1ccccc1C(F)(F)F.[B]. The molecule has 2 rings (SSSR count). The maximum absolute atomic E-state index is 12.9. The number of hydrogen-bond donors (Lipinski definition) is 0. The largest absolute Gasteiger partial charge is 0.417 e. The van der Waals surface area contributed by atoms with Gasteiger partial charge in [0.05, 0.1) is 5.56 Å². The third-order valence-corrected chi connectivity index (χ3v) is 4.90. The second-order valence-electron chi connectivity index (χ2n) is 3.91. The van der Waals surface area contributed by atoms with Gasteiger partial charge in [-0.2, -0.15) is 13.2 Å². The van der Waals surface area contributed by atoms with E-state index in [1.165, 1.54) is 6.07 Å². The molecule has 2 aromatic rings. The van der Waals surface area contributed by atoms with Gasteiger partial charge in [0.2, 0.25) is 0 Å². The van der Waals surface area contributed by atoms with Crippen molar-refractivity contribution in [1.29, 1.82) is 0 Å². The van der Waals surface area contributed by atoms with Gasteiger partial charge in [-0.15, -0.1) is 0 Å². The molecule has 1 unspecified atom stereocenters. The highest BCUT2D eigenvalue weighted by Gasteiger charge is 2.34. The van der Waals surface area contributed by atoms with Crippen LogP contribution in [-0.4, -0.2) is 15.1 Å². The molecule has 5 heteroatoms. The molecule has 0 aromatic heterocycles. The summed E-state index contributed by atoms with van der Waals surface area (Å²) in [6.45, 7) is 1.86. The third kappa shape index (κ3) is 3.60. The Morgan fingerprint density at radius 3 is 1.95 bits per heavy atom. The van der Waals surface area contributed by atoms with Crippen LogP contribution < -0.4 is 10.6 Å². The first-order chi connectivity index (χ1) is 8.50. The van der Waals surface area contributed by atoms with Crippen LogP contribution in [-0.2, 0) is 6.18 Å². The minimum absolute atomic E-state index is 0. The Balaban J connectivity index is 0.00000180. The average Bonchev–Trinajstić information content (AvgIpc) is 2.38. The molecule has 0 N–H and O–H groups in total. The minimum Gasteiger partial charge on any atom is -0.166 e. The first kappa shape index (κ1) is 15.8. The van der Waals surface area contributed by atoms with E-state index in [1.54, 1.807) is 12.1 Å². The second kappa shape index (κ2) is 6.25. The lowest BCUT2D eigenvalue weighted by Gasteiger charge is -2.18. The summed E-state index contributed by atoms with van der Waals surface area (Å²) in [5.41, 5.74) is -0.525. The van der Waals surface area contributed by atoms with E-state index in [1.807, 2.05) is 37.0 Å². The zero-order valence-corrected chi connectivity index (χ0v) is 11.2. The standard InChI is InChI=1S/C14H12F3P.B/c1-18(11-7-3-2-4-8-11)13-10-6-5-9-12(13)14(15,16)17;/h2-10H,1H3;. The monoisotopic (exact) mass is 279 g/mol. The van der Waals surface area contributed by atoms with E-state index >= 15 is 0 Å². The van der Waals surface area contributed by atoms with Crippen LogP contribution in [0.2, 0.25) is 0 Å².